The number of nitrogens with zero attached hydrogens (tertiary/aromatic N) is 1. The Kier molecular flexibility index (Phi) is 5.95. The number of aromatic nitrogens is 1. The number of hydrogen-bond acceptors (Lipinski definition) is 4. The molecule has 1 saturated heterocycles. The number of nitrogens with one attached hydrogen (secondary N) is 2. The topological polar surface area (TPSA) is 91.5 Å². The molecule has 0 saturated carbocycles. The van der Waals surface area contributed by atoms with Crippen LogP contribution in [0.25, 0.3) is 10.9 Å². The summed E-state index contributed by atoms with van der Waals surface area (Å²) in [6, 6.07) is 13.9. The Morgan fingerprint density at radius 3 is 2.74 bits per heavy atom. The molecule has 8 heteroatoms. The number of fused-ring (bicyclic) bond motifs is 1. The largest absolute Gasteiger partial charge is 0.467 e. The molecular weight excluding hydrogens is 418 g/mol. The highest BCUT2D eigenvalue weighted by Gasteiger charge is 2.37. The SMILES string of the molecule is COC(=O)[C@@H](Cc1c[nH]c2ccccc12)NC(=O)[C@H]1CC(=O)N(c2ccccc2Cl)C1. The van der Waals surface area contributed by atoms with Crippen LogP contribution in [0.5, 0.6) is 0 Å². The lowest BCUT2D eigenvalue weighted by Crippen LogP contribution is -2.46. The molecule has 0 bridgehead atoms. The van der Waals surface area contributed by atoms with Crippen LogP contribution in [0.2, 0.25) is 5.02 Å². The van der Waals surface area contributed by atoms with Crippen molar-refractivity contribution in [2.45, 2.75) is 18.9 Å². The van der Waals surface area contributed by atoms with Crippen LogP contribution in [-0.4, -0.2) is 42.5 Å². The first-order valence-corrected chi connectivity index (χ1v) is 10.3. The number of para-hydroxylation sites is 2. The van der Waals surface area contributed by atoms with Gasteiger partial charge in [-0.2, -0.15) is 0 Å². The van der Waals surface area contributed by atoms with E-state index in [2.05, 4.69) is 10.3 Å². The fraction of sp³-hybridized carbons (Fsp3) is 0.261. The van der Waals surface area contributed by atoms with Crippen molar-refractivity contribution < 1.29 is 19.1 Å². The van der Waals surface area contributed by atoms with Gasteiger partial charge in [0.2, 0.25) is 11.8 Å². The molecule has 7 nitrogen and oxygen atoms in total. The quantitative estimate of drug-likeness (QED) is 0.577. The Hall–Kier alpha value is -3.32. The molecule has 3 aromatic rings. The van der Waals surface area contributed by atoms with Gasteiger partial charge in [0.15, 0.2) is 0 Å². The van der Waals surface area contributed by atoms with E-state index in [1.165, 1.54) is 12.0 Å². The first-order valence-electron chi connectivity index (χ1n) is 9.96. The number of methoxy groups -OCH3 is 1. The van der Waals surface area contributed by atoms with E-state index in [4.69, 9.17) is 16.3 Å². The van der Waals surface area contributed by atoms with E-state index in [1.807, 2.05) is 30.5 Å². The standard InChI is InChI=1S/C23H22ClN3O4/c1-31-23(30)19(10-14-12-25-18-8-4-2-6-16(14)18)26-22(29)15-11-21(28)27(13-15)20-9-5-3-7-17(20)24/h2-9,12,15,19,25H,10-11,13H2,1H3,(H,26,29)/t15-,19+/m0/s1. The molecule has 0 unspecified atom stereocenters. The highest BCUT2D eigenvalue weighted by molar-refractivity contribution is 6.33. The fourth-order valence-corrected chi connectivity index (χ4v) is 4.17. The maximum absolute atomic E-state index is 12.9. The molecule has 2 N–H and O–H groups in total. The lowest BCUT2D eigenvalue weighted by molar-refractivity contribution is -0.145. The molecule has 1 aliphatic heterocycles. The van der Waals surface area contributed by atoms with Crippen LogP contribution < -0.4 is 10.2 Å². The number of ether oxygens (including phenoxy) is 1. The summed E-state index contributed by atoms with van der Waals surface area (Å²) in [5.74, 6) is -1.66. The molecule has 1 fully saturated rings. The van der Waals surface area contributed by atoms with Crippen LogP contribution in [0.3, 0.4) is 0 Å². The predicted octanol–water partition coefficient (Wildman–Crippen LogP) is 3.07. The number of hydrogen-bond donors (Lipinski definition) is 2. The van der Waals surface area contributed by atoms with Gasteiger partial charge in [0, 0.05) is 36.5 Å². The van der Waals surface area contributed by atoms with Crippen LogP contribution in [-0.2, 0) is 25.5 Å². The second-order valence-corrected chi connectivity index (χ2v) is 7.91. The molecular formula is C23H22ClN3O4. The van der Waals surface area contributed by atoms with Crippen molar-refractivity contribution in [3.8, 4) is 0 Å². The molecule has 2 atom stereocenters. The lowest BCUT2D eigenvalue weighted by atomic mass is 10.0. The molecule has 2 heterocycles. The Labute approximate surface area is 184 Å². The van der Waals surface area contributed by atoms with Gasteiger partial charge in [0.05, 0.1) is 23.7 Å². The number of rotatable bonds is 6. The van der Waals surface area contributed by atoms with Crippen molar-refractivity contribution in [2.24, 2.45) is 5.92 Å². The summed E-state index contributed by atoms with van der Waals surface area (Å²) in [6.45, 7) is 0.204. The van der Waals surface area contributed by atoms with Crippen molar-refractivity contribution in [1.82, 2.24) is 10.3 Å². The van der Waals surface area contributed by atoms with Crippen LogP contribution >= 0.6 is 11.6 Å². The number of esters is 1. The minimum atomic E-state index is -0.860. The van der Waals surface area contributed by atoms with Crippen molar-refractivity contribution >= 4 is 46.0 Å². The van der Waals surface area contributed by atoms with Crippen molar-refractivity contribution in [2.75, 3.05) is 18.6 Å². The third kappa shape index (κ3) is 4.27. The highest BCUT2D eigenvalue weighted by Crippen LogP contribution is 2.31. The normalized spacial score (nSPS) is 17.0. The zero-order valence-corrected chi connectivity index (χ0v) is 17.7. The molecule has 4 rings (SSSR count). The van der Waals surface area contributed by atoms with Crippen molar-refractivity contribution in [3.05, 3.63) is 65.3 Å². The monoisotopic (exact) mass is 439 g/mol. The van der Waals surface area contributed by atoms with E-state index in [-0.39, 0.29) is 31.2 Å². The van der Waals surface area contributed by atoms with Crippen LogP contribution in [0.1, 0.15) is 12.0 Å². The number of halogens is 1. The Morgan fingerprint density at radius 2 is 1.97 bits per heavy atom. The Balaban J connectivity index is 1.49. The molecule has 2 aromatic carbocycles. The van der Waals surface area contributed by atoms with Crippen molar-refractivity contribution in [3.63, 3.8) is 0 Å². The number of carbonyl (C=O) groups is 3. The lowest BCUT2D eigenvalue weighted by Gasteiger charge is -2.20. The Morgan fingerprint density at radius 1 is 1.23 bits per heavy atom. The van der Waals surface area contributed by atoms with Gasteiger partial charge in [-0.05, 0) is 23.8 Å². The third-order valence-electron chi connectivity index (χ3n) is 5.54. The molecule has 2 amide bonds. The van der Waals surface area contributed by atoms with E-state index in [1.54, 1.807) is 24.3 Å². The molecule has 1 aromatic heterocycles. The zero-order chi connectivity index (χ0) is 22.0. The summed E-state index contributed by atoms with van der Waals surface area (Å²) in [6.07, 6.45) is 2.15. The summed E-state index contributed by atoms with van der Waals surface area (Å²) < 4.78 is 4.91. The molecule has 0 radical (unpaired) electrons. The van der Waals surface area contributed by atoms with Crippen LogP contribution in [0.4, 0.5) is 5.69 Å². The van der Waals surface area contributed by atoms with Gasteiger partial charge in [-0.25, -0.2) is 4.79 Å². The smallest absolute Gasteiger partial charge is 0.328 e. The van der Waals surface area contributed by atoms with Gasteiger partial charge in [0.1, 0.15) is 6.04 Å². The van der Waals surface area contributed by atoms with Gasteiger partial charge < -0.3 is 19.9 Å². The second kappa shape index (κ2) is 8.81. The first-order chi connectivity index (χ1) is 15.0. The van der Waals surface area contributed by atoms with E-state index >= 15 is 0 Å². The van der Waals surface area contributed by atoms with Crippen molar-refractivity contribution in [1.29, 1.82) is 0 Å². The van der Waals surface area contributed by atoms with E-state index < -0.39 is 17.9 Å². The summed E-state index contributed by atoms with van der Waals surface area (Å²) in [5, 5.41) is 4.21. The van der Waals surface area contributed by atoms with Gasteiger partial charge in [-0.3, -0.25) is 9.59 Å². The zero-order valence-electron chi connectivity index (χ0n) is 16.9. The number of carbonyl (C=O) groups excluding carboxylic acids is 3. The maximum Gasteiger partial charge on any atom is 0.328 e. The summed E-state index contributed by atoms with van der Waals surface area (Å²) in [5.41, 5.74) is 2.42. The Bertz CT molecular complexity index is 1140. The van der Waals surface area contributed by atoms with Gasteiger partial charge in [-0.1, -0.05) is 41.9 Å². The maximum atomic E-state index is 12.9. The summed E-state index contributed by atoms with van der Waals surface area (Å²) >= 11 is 6.21. The van der Waals surface area contributed by atoms with E-state index in [0.29, 0.717) is 10.7 Å². The number of H-pyrrole nitrogens is 1. The third-order valence-corrected chi connectivity index (χ3v) is 5.86. The van der Waals surface area contributed by atoms with E-state index in [9.17, 15) is 14.4 Å². The second-order valence-electron chi connectivity index (χ2n) is 7.50. The number of amides is 2. The minimum absolute atomic E-state index is 0.0536. The van der Waals surface area contributed by atoms with Crippen LogP contribution in [0.15, 0.2) is 54.7 Å². The molecule has 0 aliphatic carbocycles. The van der Waals surface area contributed by atoms with Gasteiger partial charge >= 0.3 is 5.97 Å². The molecule has 0 spiro atoms. The minimum Gasteiger partial charge on any atom is -0.467 e. The number of benzene rings is 2. The summed E-state index contributed by atoms with van der Waals surface area (Å²) in [4.78, 5) is 42.5. The molecule has 1 aliphatic rings. The average molecular weight is 440 g/mol. The molecule has 31 heavy (non-hydrogen) atoms. The first kappa shape index (κ1) is 20.9. The predicted molar refractivity (Wildman–Crippen MR) is 118 cm³/mol. The fourth-order valence-electron chi connectivity index (χ4n) is 3.93. The summed E-state index contributed by atoms with van der Waals surface area (Å²) in [7, 11) is 1.29. The average Bonchev–Trinajstić information content (AvgIpc) is 3.37. The van der Waals surface area contributed by atoms with Crippen LogP contribution in [0, 0.1) is 5.92 Å². The number of anilines is 1. The van der Waals surface area contributed by atoms with Gasteiger partial charge in [0.25, 0.3) is 0 Å². The number of aromatic amines is 1. The van der Waals surface area contributed by atoms with Gasteiger partial charge in [-0.15, -0.1) is 0 Å². The van der Waals surface area contributed by atoms with E-state index in [0.717, 1.165) is 16.5 Å². The highest BCUT2D eigenvalue weighted by atomic mass is 35.5. The molecule has 160 valence electrons.